The van der Waals surface area contributed by atoms with E-state index in [0.29, 0.717) is 6.54 Å². The molecule has 5 nitrogen and oxygen atoms in total. The molecule has 0 saturated heterocycles. The molecule has 0 amide bonds. The Bertz CT molecular complexity index is 553. The molecule has 102 valence electrons. The molecule has 0 radical (unpaired) electrons. The van der Waals surface area contributed by atoms with Crippen LogP contribution in [-0.4, -0.2) is 15.6 Å². The van der Waals surface area contributed by atoms with Crippen LogP contribution in [-0.2, 0) is 6.54 Å². The summed E-state index contributed by atoms with van der Waals surface area (Å²) in [6, 6.07) is 4.80. The van der Waals surface area contributed by atoms with Crippen molar-refractivity contribution in [1.82, 2.24) is 4.57 Å². The largest absolute Gasteiger partial charge is 0.478 e. The molecule has 1 heterocycles. The van der Waals surface area contributed by atoms with Gasteiger partial charge in [-0.25, -0.2) is 4.79 Å². The molecule has 0 spiro atoms. The van der Waals surface area contributed by atoms with E-state index in [2.05, 4.69) is 6.07 Å². The van der Waals surface area contributed by atoms with E-state index in [4.69, 9.17) is 10.4 Å². The lowest BCUT2D eigenvalue weighted by molar-refractivity contribution is 0.0696. The molecule has 0 fully saturated rings. The fraction of sp³-hybridized carbons (Fsp3) is 0.500. The minimum absolute atomic E-state index is 0.108. The third kappa shape index (κ3) is 4.59. The Morgan fingerprint density at radius 2 is 2.11 bits per heavy atom. The molecule has 1 rings (SSSR count). The molecule has 1 aromatic heterocycles. The molecule has 5 heteroatoms. The molecule has 0 saturated carbocycles. The number of aromatic nitrogens is 1. The Kier molecular flexibility index (Phi) is 4.87. The number of carboxylic acid groups (broad SMARTS) is 1. The summed E-state index contributed by atoms with van der Waals surface area (Å²) >= 11 is 0. The molecule has 1 N–H and O–H groups in total. The number of unbranched alkanes of at least 4 members (excludes halogenated alkanes) is 1. The Morgan fingerprint density at radius 3 is 2.68 bits per heavy atom. The second-order valence-electron chi connectivity index (χ2n) is 5.21. The van der Waals surface area contributed by atoms with Crippen LogP contribution in [0.1, 0.15) is 43.5 Å². The molecule has 0 aliphatic heterocycles. The maximum Gasteiger partial charge on any atom is 0.337 e. The van der Waals surface area contributed by atoms with Crippen molar-refractivity contribution in [3.63, 3.8) is 0 Å². The van der Waals surface area contributed by atoms with Crippen molar-refractivity contribution in [3.8, 4) is 6.07 Å². The Labute approximate surface area is 112 Å². The van der Waals surface area contributed by atoms with Crippen molar-refractivity contribution >= 4 is 5.97 Å². The average Bonchev–Trinajstić information content (AvgIpc) is 2.36. The Hall–Kier alpha value is -2.09. The molecule has 0 aliphatic rings. The van der Waals surface area contributed by atoms with Crippen LogP contribution in [0.15, 0.2) is 23.1 Å². The highest BCUT2D eigenvalue weighted by Gasteiger charge is 2.15. The molecule has 19 heavy (non-hydrogen) atoms. The van der Waals surface area contributed by atoms with Crippen molar-refractivity contribution in [2.75, 3.05) is 0 Å². The zero-order valence-electron chi connectivity index (χ0n) is 11.2. The quantitative estimate of drug-likeness (QED) is 0.797. The minimum atomic E-state index is -1.04. The minimum Gasteiger partial charge on any atom is -0.478 e. The van der Waals surface area contributed by atoms with Crippen LogP contribution in [0.25, 0.3) is 0 Å². The first-order chi connectivity index (χ1) is 8.85. The van der Waals surface area contributed by atoms with Crippen molar-refractivity contribution in [2.45, 2.75) is 39.7 Å². The van der Waals surface area contributed by atoms with Crippen molar-refractivity contribution < 1.29 is 9.90 Å². The third-order valence-electron chi connectivity index (χ3n) is 2.98. The SMILES string of the molecule is CC(C)(C#N)CCCCn1cc(C(=O)O)ccc1=O. The number of carboxylic acids is 1. The third-order valence-corrected chi connectivity index (χ3v) is 2.98. The number of hydrogen-bond acceptors (Lipinski definition) is 3. The van der Waals surface area contributed by atoms with Gasteiger partial charge >= 0.3 is 5.97 Å². The molecule has 0 atom stereocenters. The number of carbonyl (C=O) groups is 1. The molecular formula is C14H18N2O3. The maximum absolute atomic E-state index is 11.6. The lowest BCUT2D eigenvalue weighted by Crippen LogP contribution is -2.20. The van der Waals surface area contributed by atoms with E-state index in [1.165, 1.54) is 22.9 Å². The van der Waals surface area contributed by atoms with Gasteiger partial charge in [-0.2, -0.15) is 5.26 Å². The van der Waals surface area contributed by atoms with Crippen LogP contribution in [0, 0.1) is 16.7 Å². The Balaban J connectivity index is 2.59. The highest BCUT2D eigenvalue weighted by atomic mass is 16.4. The van der Waals surface area contributed by atoms with Gasteiger partial charge in [0.05, 0.1) is 17.0 Å². The molecule has 0 unspecified atom stereocenters. The van der Waals surface area contributed by atoms with Crippen LogP contribution < -0.4 is 5.56 Å². The maximum atomic E-state index is 11.6. The van der Waals surface area contributed by atoms with E-state index < -0.39 is 5.97 Å². The van der Waals surface area contributed by atoms with Gasteiger partial charge in [-0.05, 0) is 32.8 Å². The highest BCUT2D eigenvalue weighted by molar-refractivity contribution is 5.87. The first-order valence-electron chi connectivity index (χ1n) is 6.21. The van der Waals surface area contributed by atoms with Crippen molar-refractivity contribution in [3.05, 3.63) is 34.2 Å². The molecule has 0 bridgehead atoms. The Morgan fingerprint density at radius 1 is 1.42 bits per heavy atom. The van der Waals surface area contributed by atoms with E-state index in [1.807, 2.05) is 13.8 Å². The highest BCUT2D eigenvalue weighted by Crippen LogP contribution is 2.21. The standard InChI is InChI=1S/C14H18N2O3/c1-14(2,10-15)7-3-4-8-16-9-11(13(18)19)5-6-12(16)17/h5-6,9H,3-4,7-8H2,1-2H3,(H,18,19). The second-order valence-corrected chi connectivity index (χ2v) is 5.21. The lowest BCUT2D eigenvalue weighted by atomic mass is 9.89. The summed E-state index contributed by atoms with van der Waals surface area (Å²) in [6.07, 6.45) is 3.69. The smallest absolute Gasteiger partial charge is 0.337 e. The molecular weight excluding hydrogens is 244 g/mol. The van der Waals surface area contributed by atoms with E-state index in [1.54, 1.807) is 0 Å². The topological polar surface area (TPSA) is 83.1 Å². The summed E-state index contributed by atoms with van der Waals surface area (Å²) in [4.78, 5) is 22.4. The van der Waals surface area contributed by atoms with Gasteiger partial charge in [-0.1, -0.05) is 6.42 Å². The van der Waals surface area contributed by atoms with Crippen molar-refractivity contribution in [1.29, 1.82) is 5.26 Å². The fourth-order valence-corrected chi connectivity index (χ4v) is 1.74. The summed E-state index contributed by atoms with van der Waals surface area (Å²) in [5.41, 5.74) is -0.449. The first kappa shape index (κ1) is 15.0. The monoisotopic (exact) mass is 262 g/mol. The summed E-state index contributed by atoms with van der Waals surface area (Å²) in [6.45, 7) is 4.23. The summed E-state index contributed by atoms with van der Waals surface area (Å²) in [7, 11) is 0. The van der Waals surface area contributed by atoms with Gasteiger partial charge in [-0.3, -0.25) is 4.79 Å². The zero-order chi connectivity index (χ0) is 14.5. The summed E-state index contributed by atoms with van der Waals surface area (Å²) < 4.78 is 1.41. The average molecular weight is 262 g/mol. The molecule has 0 aromatic carbocycles. The van der Waals surface area contributed by atoms with Crippen LogP contribution in [0.2, 0.25) is 0 Å². The molecule has 1 aromatic rings. The normalized spacial score (nSPS) is 11.0. The van der Waals surface area contributed by atoms with Gasteiger partial charge in [0.15, 0.2) is 0 Å². The van der Waals surface area contributed by atoms with Gasteiger partial charge < -0.3 is 9.67 Å². The predicted octanol–water partition coefficient (Wildman–Crippen LogP) is 2.27. The van der Waals surface area contributed by atoms with Gasteiger partial charge in [0.25, 0.3) is 5.56 Å². The van der Waals surface area contributed by atoms with Crippen LogP contribution >= 0.6 is 0 Å². The summed E-state index contributed by atoms with van der Waals surface area (Å²) in [5, 5.41) is 17.7. The number of hydrogen-bond donors (Lipinski definition) is 1. The second kappa shape index (κ2) is 6.19. The fourth-order valence-electron chi connectivity index (χ4n) is 1.74. The summed E-state index contributed by atoms with van der Waals surface area (Å²) in [5.74, 6) is -1.04. The predicted molar refractivity (Wildman–Crippen MR) is 70.9 cm³/mol. The number of nitrogens with zero attached hydrogens (tertiary/aromatic N) is 2. The first-order valence-corrected chi connectivity index (χ1v) is 6.21. The molecule has 0 aliphatic carbocycles. The van der Waals surface area contributed by atoms with Crippen LogP contribution in [0.4, 0.5) is 0 Å². The van der Waals surface area contributed by atoms with Gasteiger partial charge in [0.1, 0.15) is 0 Å². The van der Waals surface area contributed by atoms with Crippen LogP contribution in [0.5, 0.6) is 0 Å². The van der Waals surface area contributed by atoms with Crippen molar-refractivity contribution in [2.24, 2.45) is 5.41 Å². The van der Waals surface area contributed by atoms with E-state index >= 15 is 0 Å². The number of nitriles is 1. The number of aromatic carboxylic acids is 1. The van der Waals surface area contributed by atoms with Gasteiger partial charge in [0, 0.05) is 18.8 Å². The number of aryl methyl sites for hydroxylation is 1. The number of pyridine rings is 1. The van der Waals surface area contributed by atoms with Gasteiger partial charge in [0.2, 0.25) is 0 Å². The van der Waals surface area contributed by atoms with Gasteiger partial charge in [-0.15, -0.1) is 0 Å². The van der Waals surface area contributed by atoms with E-state index in [-0.39, 0.29) is 16.5 Å². The zero-order valence-corrected chi connectivity index (χ0v) is 11.2. The lowest BCUT2D eigenvalue weighted by Gasteiger charge is -2.14. The number of rotatable bonds is 6. The van der Waals surface area contributed by atoms with E-state index in [9.17, 15) is 9.59 Å². The van der Waals surface area contributed by atoms with E-state index in [0.717, 1.165) is 19.3 Å². The van der Waals surface area contributed by atoms with Crippen LogP contribution in [0.3, 0.4) is 0 Å².